The number of hydrogen-bond acceptors (Lipinski definition) is 5. The van der Waals surface area contributed by atoms with Gasteiger partial charge in [-0.15, -0.1) is 0 Å². The molecule has 286 valence electrons. The van der Waals surface area contributed by atoms with Gasteiger partial charge in [0.15, 0.2) is 5.82 Å². The Labute approximate surface area is 348 Å². The summed E-state index contributed by atoms with van der Waals surface area (Å²) in [6.07, 6.45) is 3.17. The van der Waals surface area contributed by atoms with Crippen LogP contribution in [0.2, 0.25) is 0 Å². The van der Waals surface area contributed by atoms with Crippen molar-refractivity contribution in [1.82, 2.24) is 15.0 Å². The Balaban J connectivity index is 1.28. The smallest absolute Gasteiger partial charge is 0.252 e. The van der Waals surface area contributed by atoms with Gasteiger partial charge in [-0.05, 0) is 109 Å². The van der Waals surface area contributed by atoms with Crippen LogP contribution in [0.25, 0.3) is 33.6 Å². The van der Waals surface area contributed by atoms with Crippen LogP contribution in [-0.4, -0.2) is 21.7 Å². The summed E-state index contributed by atoms with van der Waals surface area (Å²) in [4.78, 5) is 18.5. The van der Waals surface area contributed by atoms with Crippen molar-refractivity contribution in [2.45, 2.75) is 52.4 Å². The third-order valence-electron chi connectivity index (χ3n) is 12.0. The maximum atomic E-state index is 4.70. The predicted octanol–water partition coefficient (Wildman–Crippen LogP) is 11.6. The second-order valence-corrected chi connectivity index (χ2v) is 17.9. The van der Waals surface area contributed by atoms with E-state index in [9.17, 15) is 0 Å². The number of nitrogens with zero attached hydrogens (tertiary/aromatic N) is 5. The molecule has 3 heterocycles. The molecule has 0 aliphatic carbocycles. The second kappa shape index (κ2) is 14.0. The topological polar surface area (TPSA) is 45.2 Å². The van der Waals surface area contributed by atoms with E-state index in [2.05, 4.69) is 214 Å². The maximum absolute atomic E-state index is 4.70. The Morgan fingerprint density at radius 3 is 1.22 bits per heavy atom. The minimum Gasteiger partial charge on any atom is -0.311 e. The first-order valence-corrected chi connectivity index (χ1v) is 20.5. The molecule has 0 unspecified atom stereocenters. The third-order valence-corrected chi connectivity index (χ3v) is 12.0. The number of anilines is 6. The summed E-state index contributed by atoms with van der Waals surface area (Å²) in [5.74, 6) is 0.636. The van der Waals surface area contributed by atoms with E-state index in [0.29, 0.717) is 5.82 Å². The molecule has 0 fully saturated rings. The third kappa shape index (κ3) is 6.40. The Morgan fingerprint density at radius 1 is 0.407 bits per heavy atom. The zero-order chi connectivity index (χ0) is 40.5. The van der Waals surface area contributed by atoms with Crippen molar-refractivity contribution in [3.8, 4) is 33.6 Å². The molecule has 7 aromatic carbocycles. The zero-order valence-electron chi connectivity index (χ0n) is 34.5. The molecule has 2 aliphatic rings. The Hall–Kier alpha value is -6.79. The Morgan fingerprint density at radius 2 is 0.814 bits per heavy atom. The van der Waals surface area contributed by atoms with Gasteiger partial charge in [-0.3, -0.25) is 0 Å². The molecular weight excluding hydrogens is 717 g/mol. The average Bonchev–Trinajstić information content (AvgIpc) is 3.26. The van der Waals surface area contributed by atoms with Crippen molar-refractivity contribution in [3.63, 3.8) is 0 Å². The van der Waals surface area contributed by atoms with E-state index in [1.54, 1.807) is 12.7 Å². The minimum atomic E-state index is -0.0415. The van der Waals surface area contributed by atoms with Gasteiger partial charge < -0.3 is 9.80 Å². The molecule has 0 amide bonds. The quantitative estimate of drug-likeness (QED) is 0.163. The molecule has 8 aromatic rings. The van der Waals surface area contributed by atoms with Crippen molar-refractivity contribution in [2.75, 3.05) is 9.80 Å². The fraction of sp³-hybridized carbons (Fsp3) is 0.151. The summed E-state index contributed by atoms with van der Waals surface area (Å²) in [6, 6.07) is 58.1. The summed E-state index contributed by atoms with van der Waals surface area (Å²) in [5, 5.41) is 0. The molecule has 2 aliphatic heterocycles. The van der Waals surface area contributed by atoms with Gasteiger partial charge in [0.25, 0.3) is 6.71 Å². The highest BCUT2D eigenvalue weighted by atomic mass is 15.2. The molecule has 0 spiro atoms. The van der Waals surface area contributed by atoms with E-state index < -0.39 is 0 Å². The van der Waals surface area contributed by atoms with Gasteiger partial charge in [-0.2, -0.15) is 0 Å². The average molecular weight is 764 g/mol. The predicted molar refractivity (Wildman–Crippen MR) is 248 cm³/mol. The minimum absolute atomic E-state index is 0.0262. The molecule has 1 aromatic heterocycles. The highest BCUT2D eigenvalue weighted by molar-refractivity contribution is 7.00. The van der Waals surface area contributed by atoms with Crippen LogP contribution < -0.4 is 26.2 Å². The fourth-order valence-electron chi connectivity index (χ4n) is 8.88. The highest BCUT2D eigenvalue weighted by Gasteiger charge is 2.44. The maximum Gasteiger partial charge on any atom is 0.252 e. The highest BCUT2D eigenvalue weighted by Crippen LogP contribution is 2.47. The molecule has 0 saturated carbocycles. The molecule has 5 nitrogen and oxygen atoms in total. The molecule has 6 heteroatoms. The van der Waals surface area contributed by atoms with Crippen molar-refractivity contribution < 1.29 is 0 Å². The molecule has 10 rings (SSSR count). The molecule has 0 radical (unpaired) electrons. The molecular formula is C53H46BN5. The molecule has 0 saturated heterocycles. The summed E-state index contributed by atoms with van der Waals surface area (Å²) in [5.41, 5.74) is 18.9. The van der Waals surface area contributed by atoms with Crippen molar-refractivity contribution in [1.29, 1.82) is 0 Å². The number of benzene rings is 7. The molecule has 0 bridgehead atoms. The monoisotopic (exact) mass is 763 g/mol. The van der Waals surface area contributed by atoms with Gasteiger partial charge in [-0.25, -0.2) is 15.0 Å². The molecule has 0 N–H and O–H groups in total. The van der Waals surface area contributed by atoms with Crippen molar-refractivity contribution in [3.05, 3.63) is 182 Å². The number of fused-ring (bicyclic) bond motifs is 4. The normalized spacial score (nSPS) is 13.2. The van der Waals surface area contributed by atoms with Gasteiger partial charge in [0.1, 0.15) is 12.7 Å². The zero-order valence-corrected chi connectivity index (χ0v) is 34.5. The lowest BCUT2D eigenvalue weighted by molar-refractivity contribution is 0.590. The number of aromatic nitrogens is 3. The standard InChI is InChI=1S/C53H46BN5/c1-52(2,3)40-21-27-46-44(31-40)54-45-32-41(53(4,5)6)22-28-47(45)59(43-25-19-38(20-26-43)36-15-11-8-12-16-36)49-30-39(51-56-33-55-34-57-51)29-48(50(49)54)58(46)42-23-17-37(18-24-42)35-13-9-7-10-14-35/h7-34H,1-6H3. The number of hydrogen-bond donors (Lipinski definition) is 0. The van der Waals surface area contributed by atoms with E-state index in [1.165, 1.54) is 61.1 Å². The van der Waals surface area contributed by atoms with Crippen LogP contribution in [0.5, 0.6) is 0 Å². The van der Waals surface area contributed by atoms with E-state index in [0.717, 1.165) is 28.3 Å². The van der Waals surface area contributed by atoms with Gasteiger partial charge in [0.05, 0.1) is 0 Å². The van der Waals surface area contributed by atoms with Gasteiger partial charge in [0, 0.05) is 39.7 Å². The SMILES string of the molecule is CC(C)(C)c1ccc2c(c1)B1c3cc(C(C)(C)C)ccc3N(c3ccc(-c4ccccc4)cc3)c3cc(-c4ncncn4)cc(c31)N2c1ccc(-c2ccccc2)cc1. The van der Waals surface area contributed by atoms with Gasteiger partial charge >= 0.3 is 0 Å². The van der Waals surface area contributed by atoms with Crippen LogP contribution in [0.1, 0.15) is 52.7 Å². The van der Waals surface area contributed by atoms with Crippen molar-refractivity contribution in [2.24, 2.45) is 0 Å². The van der Waals surface area contributed by atoms with Crippen LogP contribution in [0.15, 0.2) is 170 Å². The van der Waals surface area contributed by atoms with E-state index in [-0.39, 0.29) is 17.5 Å². The lowest BCUT2D eigenvalue weighted by atomic mass is 9.33. The van der Waals surface area contributed by atoms with Crippen LogP contribution in [-0.2, 0) is 10.8 Å². The van der Waals surface area contributed by atoms with E-state index >= 15 is 0 Å². The molecule has 59 heavy (non-hydrogen) atoms. The Bertz CT molecular complexity index is 2650. The van der Waals surface area contributed by atoms with E-state index in [1.807, 2.05) is 0 Å². The lowest BCUT2D eigenvalue weighted by Crippen LogP contribution is -2.61. The summed E-state index contributed by atoms with van der Waals surface area (Å²) in [6.45, 7) is 13.8. The van der Waals surface area contributed by atoms with Crippen LogP contribution in [0, 0.1) is 0 Å². The van der Waals surface area contributed by atoms with Crippen LogP contribution in [0.3, 0.4) is 0 Å². The van der Waals surface area contributed by atoms with Gasteiger partial charge in [-0.1, -0.05) is 151 Å². The molecule has 0 atom stereocenters. The first-order chi connectivity index (χ1) is 28.5. The number of rotatable bonds is 5. The summed E-state index contributed by atoms with van der Waals surface area (Å²) >= 11 is 0. The largest absolute Gasteiger partial charge is 0.311 e. The Kier molecular flexibility index (Phi) is 8.64. The fourth-order valence-corrected chi connectivity index (χ4v) is 8.88. The van der Waals surface area contributed by atoms with E-state index in [4.69, 9.17) is 9.97 Å². The van der Waals surface area contributed by atoms with Crippen molar-refractivity contribution >= 4 is 57.2 Å². The lowest BCUT2D eigenvalue weighted by Gasteiger charge is -2.45. The summed E-state index contributed by atoms with van der Waals surface area (Å²) in [7, 11) is 0. The first kappa shape index (κ1) is 36.5. The van der Waals surface area contributed by atoms with Gasteiger partial charge in [0.2, 0.25) is 0 Å². The second-order valence-electron chi connectivity index (χ2n) is 17.9. The van der Waals surface area contributed by atoms with Crippen LogP contribution >= 0.6 is 0 Å². The van der Waals surface area contributed by atoms with Crippen LogP contribution in [0.4, 0.5) is 34.1 Å². The first-order valence-electron chi connectivity index (χ1n) is 20.5. The summed E-state index contributed by atoms with van der Waals surface area (Å²) < 4.78 is 0.